The number of aromatic nitrogens is 4. The molecule has 2 aromatic heterocycles. The van der Waals surface area contributed by atoms with Crippen molar-refractivity contribution in [3.63, 3.8) is 0 Å². The van der Waals surface area contributed by atoms with Crippen LogP contribution in [0.5, 0.6) is 0 Å². The van der Waals surface area contributed by atoms with E-state index in [1.165, 1.54) is 35.9 Å². The van der Waals surface area contributed by atoms with Gasteiger partial charge in [0.1, 0.15) is 0 Å². The van der Waals surface area contributed by atoms with E-state index in [4.69, 9.17) is 0 Å². The summed E-state index contributed by atoms with van der Waals surface area (Å²) in [7, 11) is 3.90. The fourth-order valence-electron chi connectivity index (χ4n) is 1.54. The molecular weight excluding hydrogens is 292 g/mol. The molecule has 0 aliphatic heterocycles. The number of nitrogens with one attached hydrogen (secondary N) is 1. The maximum Gasteiger partial charge on any atom is 0.208 e. The number of rotatable bonds is 6. The van der Waals surface area contributed by atoms with Gasteiger partial charge < -0.3 is 10.2 Å². The molecule has 3 rings (SSSR count). The Labute approximate surface area is 126 Å². The largest absolute Gasteiger partial charge is 0.353 e. The predicted molar refractivity (Wildman–Crippen MR) is 80.3 cm³/mol. The Morgan fingerprint density at radius 2 is 2.05 bits per heavy atom. The van der Waals surface area contributed by atoms with E-state index in [0.29, 0.717) is 11.2 Å². The molecule has 1 saturated carbocycles. The monoisotopic (exact) mass is 308 g/mol. The van der Waals surface area contributed by atoms with E-state index < -0.39 is 0 Å². The Morgan fingerprint density at radius 1 is 1.30 bits per heavy atom. The van der Waals surface area contributed by atoms with Crippen LogP contribution in [0.25, 0.3) is 0 Å². The van der Waals surface area contributed by atoms with Gasteiger partial charge in [0.25, 0.3) is 0 Å². The van der Waals surface area contributed by atoms with Crippen LogP contribution in [0.2, 0.25) is 0 Å². The van der Waals surface area contributed by atoms with Gasteiger partial charge in [-0.3, -0.25) is 0 Å². The Bertz CT molecular complexity index is 564. The third kappa shape index (κ3) is 3.65. The minimum atomic E-state index is 0.704. The van der Waals surface area contributed by atoms with Crippen molar-refractivity contribution in [2.75, 3.05) is 19.0 Å². The van der Waals surface area contributed by atoms with Crippen molar-refractivity contribution in [3.8, 4) is 0 Å². The Hall–Kier alpha value is -1.25. The highest BCUT2D eigenvalue weighted by atomic mass is 32.2. The standard InChI is InChI=1S/C12H16N6S2/c1-18(2)11-16-17-12(20-11)19-10-14-6-8(7-15-10)5-13-9-3-4-9/h6-7,9,13H,3-5H2,1-2H3. The maximum absolute atomic E-state index is 4.36. The molecule has 1 N–H and O–H groups in total. The minimum Gasteiger partial charge on any atom is -0.353 e. The Balaban J connectivity index is 1.58. The van der Waals surface area contributed by atoms with E-state index in [1.54, 1.807) is 0 Å². The van der Waals surface area contributed by atoms with Crippen LogP contribution in [-0.4, -0.2) is 40.3 Å². The second kappa shape index (κ2) is 6.02. The van der Waals surface area contributed by atoms with E-state index in [-0.39, 0.29) is 0 Å². The molecule has 0 aromatic carbocycles. The Kier molecular flexibility index (Phi) is 4.13. The summed E-state index contributed by atoms with van der Waals surface area (Å²) in [6.45, 7) is 0.846. The number of nitrogens with zero attached hydrogens (tertiary/aromatic N) is 5. The lowest BCUT2D eigenvalue weighted by Crippen LogP contribution is -2.15. The SMILES string of the molecule is CN(C)c1nnc(Sc2ncc(CNC3CC3)cn2)s1. The maximum atomic E-state index is 4.36. The molecule has 20 heavy (non-hydrogen) atoms. The molecule has 1 fully saturated rings. The van der Waals surface area contributed by atoms with Gasteiger partial charge in [-0.25, -0.2) is 9.97 Å². The van der Waals surface area contributed by atoms with Gasteiger partial charge in [0.2, 0.25) is 5.13 Å². The van der Waals surface area contributed by atoms with Gasteiger partial charge >= 0.3 is 0 Å². The van der Waals surface area contributed by atoms with Crippen LogP contribution in [0.1, 0.15) is 18.4 Å². The normalized spacial score (nSPS) is 14.5. The lowest BCUT2D eigenvalue weighted by Gasteiger charge is -2.04. The summed E-state index contributed by atoms with van der Waals surface area (Å²) in [6, 6.07) is 0.704. The van der Waals surface area contributed by atoms with Crippen molar-refractivity contribution in [2.45, 2.75) is 34.9 Å². The molecule has 1 aliphatic rings. The molecule has 0 bridgehead atoms. The van der Waals surface area contributed by atoms with Crippen molar-refractivity contribution in [2.24, 2.45) is 0 Å². The van der Waals surface area contributed by atoms with E-state index in [1.807, 2.05) is 31.4 Å². The molecule has 0 spiro atoms. The molecule has 0 amide bonds. The zero-order valence-electron chi connectivity index (χ0n) is 11.4. The van der Waals surface area contributed by atoms with E-state index in [0.717, 1.165) is 21.6 Å². The van der Waals surface area contributed by atoms with Gasteiger partial charge in [-0.1, -0.05) is 11.3 Å². The molecule has 106 valence electrons. The minimum absolute atomic E-state index is 0.704. The van der Waals surface area contributed by atoms with Crippen molar-refractivity contribution in [1.29, 1.82) is 0 Å². The Morgan fingerprint density at radius 3 is 2.65 bits per heavy atom. The summed E-state index contributed by atoms with van der Waals surface area (Å²) < 4.78 is 0.859. The molecule has 8 heteroatoms. The number of anilines is 1. The van der Waals surface area contributed by atoms with Gasteiger partial charge in [-0.05, 0) is 24.6 Å². The summed E-state index contributed by atoms with van der Waals surface area (Å²) in [5, 5.41) is 13.3. The third-order valence-corrected chi connectivity index (χ3v) is 4.85. The molecule has 0 radical (unpaired) electrons. The van der Waals surface area contributed by atoms with Crippen molar-refractivity contribution in [1.82, 2.24) is 25.5 Å². The zero-order chi connectivity index (χ0) is 13.9. The zero-order valence-corrected chi connectivity index (χ0v) is 13.0. The lowest BCUT2D eigenvalue weighted by molar-refractivity contribution is 0.680. The lowest BCUT2D eigenvalue weighted by atomic mass is 10.3. The highest BCUT2D eigenvalue weighted by Gasteiger charge is 2.20. The first-order valence-electron chi connectivity index (χ1n) is 6.43. The van der Waals surface area contributed by atoms with Crippen LogP contribution in [0.3, 0.4) is 0 Å². The van der Waals surface area contributed by atoms with Gasteiger partial charge in [0.15, 0.2) is 9.50 Å². The van der Waals surface area contributed by atoms with Crippen LogP contribution in [-0.2, 0) is 6.54 Å². The molecule has 0 saturated heterocycles. The second-order valence-electron chi connectivity index (χ2n) is 4.88. The second-order valence-corrected chi connectivity index (χ2v) is 7.05. The molecule has 0 atom stereocenters. The quantitative estimate of drug-likeness (QED) is 0.816. The van der Waals surface area contributed by atoms with Gasteiger partial charge in [-0.2, -0.15) is 0 Å². The van der Waals surface area contributed by atoms with Crippen molar-refractivity contribution < 1.29 is 0 Å². The fourth-order valence-corrected chi connectivity index (χ4v) is 3.10. The van der Waals surface area contributed by atoms with E-state index in [9.17, 15) is 0 Å². The summed E-state index contributed by atoms with van der Waals surface area (Å²) >= 11 is 2.98. The molecule has 1 aliphatic carbocycles. The van der Waals surface area contributed by atoms with Crippen molar-refractivity contribution >= 4 is 28.2 Å². The van der Waals surface area contributed by atoms with Gasteiger partial charge in [-0.15, -0.1) is 10.2 Å². The topological polar surface area (TPSA) is 66.8 Å². The fraction of sp³-hybridized carbons (Fsp3) is 0.500. The molecule has 2 heterocycles. The first-order valence-corrected chi connectivity index (χ1v) is 8.07. The number of hydrogen-bond donors (Lipinski definition) is 1. The van der Waals surface area contributed by atoms with E-state index in [2.05, 4.69) is 25.5 Å². The van der Waals surface area contributed by atoms with Crippen LogP contribution in [0.15, 0.2) is 21.9 Å². The highest BCUT2D eigenvalue weighted by molar-refractivity contribution is 8.00. The summed E-state index contributed by atoms with van der Waals surface area (Å²) in [4.78, 5) is 10.7. The molecule has 2 aromatic rings. The average molecular weight is 308 g/mol. The van der Waals surface area contributed by atoms with Gasteiger partial charge in [0.05, 0.1) is 0 Å². The van der Waals surface area contributed by atoms with Gasteiger partial charge in [0, 0.05) is 44.6 Å². The number of hydrogen-bond acceptors (Lipinski definition) is 8. The summed E-state index contributed by atoms with van der Waals surface area (Å²) in [5.41, 5.74) is 1.12. The van der Waals surface area contributed by atoms with Crippen LogP contribution < -0.4 is 10.2 Å². The van der Waals surface area contributed by atoms with Crippen LogP contribution in [0.4, 0.5) is 5.13 Å². The summed E-state index contributed by atoms with van der Waals surface area (Å²) in [6.07, 6.45) is 6.33. The molecular formula is C12H16N6S2. The average Bonchev–Trinajstić information content (AvgIpc) is 3.15. The first kappa shape index (κ1) is 13.7. The van der Waals surface area contributed by atoms with Crippen LogP contribution >= 0.6 is 23.1 Å². The van der Waals surface area contributed by atoms with Crippen molar-refractivity contribution in [3.05, 3.63) is 18.0 Å². The third-order valence-electron chi connectivity index (χ3n) is 2.81. The van der Waals surface area contributed by atoms with Crippen LogP contribution in [0, 0.1) is 0 Å². The molecule has 6 nitrogen and oxygen atoms in total. The molecule has 0 unspecified atom stereocenters. The smallest absolute Gasteiger partial charge is 0.208 e. The first-order chi connectivity index (χ1) is 9.70. The van der Waals surface area contributed by atoms with E-state index >= 15 is 0 Å². The predicted octanol–water partition coefficient (Wildman–Crippen LogP) is 1.80. The highest BCUT2D eigenvalue weighted by Crippen LogP contribution is 2.30. The summed E-state index contributed by atoms with van der Waals surface area (Å²) in [5.74, 6) is 0.